The summed E-state index contributed by atoms with van der Waals surface area (Å²) < 4.78 is 1.85. The van der Waals surface area contributed by atoms with Gasteiger partial charge in [0.15, 0.2) is 0 Å². The Morgan fingerprint density at radius 3 is 3.06 bits per heavy atom. The number of hydrogen-bond donors (Lipinski definition) is 1. The molecule has 1 aromatic heterocycles. The third-order valence-electron chi connectivity index (χ3n) is 2.35. The van der Waals surface area contributed by atoms with Crippen LogP contribution in [0.25, 0.3) is 0 Å². The van der Waals surface area contributed by atoms with Gasteiger partial charge in [0.05, 0.1) is 18.8 Å². The second-order valence-electron chi connectivity index (χ2n) is 3.58. The predicted octanol–water partition coefficient (Wildman–Crippen LogP) is -0.0474. The smallest absolute Gasteiger partial charge is 0.0964 e. The van der Waals surface area contributed by atoms with Crippen LogP contribution in [0.3, 0.4) is 0 Å². The van der Waals surface area contributed by atoms with Gasteiger partial charge in [-0.1, -0.05) is 18.1 Å². The van der Waals surface area contributed by atoms with Crippen molar-refractivity contribution in [3.05, 3.63) is 11.9 Å². The van der Waals surface area contributed by atoms with Crippen molar-refractivity contribution in [3.8, 4) is 12.3 Å². The molecule has 0 spiro atoms. The summed E-state index contributed by atoms with van der Waals surface area (Å²) in [6.07, 6.45) is 7.24. The number of nitrogens with one attached hydrogen (secondary N) is 1. The Labute approximate surface area is 96.8 Å². The van der Waals surface area contributed by atoms with E-state index in [2.05, 4.69) is 33.4 Å². The van der Waals surface area contributed by atoms with Crippen LogP contribution in [0.5, 0.6) is 0 Å². The summed E-state index contributed by atoms with van der Waals surface area (Å²) >= 11 is 0. The fourth-order valence-electron chi connectivity index (χ4n) is 1.43. The van der Waals surface area contributed by atoms with E-state index in [0.717, 1.165) is 31.9 Å². The zero-order valence-electron chi connectivity index (χ0n) is 9.98. The Hall–Kier alpha value is -1.38. The molecule has 0 bridgehead atoms. The molecule has 0 saturated heterocycles. The highest BCUT2D eigenvalue weighted by molar-refractivity contribution is 4.91. The van der Waals surface area contributed by atoms with E-state index in [1.54, 1.807) is 0 Å². The highest BCUT2D eigenvalue weighted by atomic mass is 15.4. The average Bonchev–Trinajstić information content (AvgIpc) is 2.72. The summed E-state index contributed by atoms with van der Waals surface area (Å²) in [4.78, 5) is 2.19. The van der Waals surface area contributed by atoms with Crippen molar-refractivity contribution in [3.63, 3.8) is 0 Å². The zero-order chi connectivity index (χ0) is 11.8. The van der Waals surface area contributed by atoms with Crippen LogP contribution in [-0.4, -0.2) is 46.6 Å². The standard InChI is InChI=1S/C11H19N5/c1-4-6-15(5-2)7-8-16-10-11(9-12-3)13-14-16/h1,10,12H,5-9H2,2-3H3. The van der Waals surface area contributed by atoms with Crippen molar-refractivity contribution in [2.24, 2.45) is 0 Å². The van der Waals surface area contributed by atoms with E-state index in [1.807, 2.05) is 17.9 Å². The largest absolute Gasteiger partial charge is 0.314 e. The van der Waals surface area contributed by atoms with E-state index in [9.17, 15) is 0 Å². The molecule has 16 heavy (non-hydrogen) atoms. The Bertz CT molecular complexity index is 338. The van der Waals surface area contributed by atoms with Crippen molar-refractivity contribution in [2.75, 3.05) is 26.7 Å². The molecule has 0 amide bonds. The molecule has 0 saturated carbocycles. The zero-order valence-corrected chi connectivity index (χ0v) is 9.98. The Kier molecular flexibility index (Phi) is 5.54. The number of likely N-dealkylation sites (N-methyl/N-ethyl adjacent to an activating group) is 1. The third kappa shape index (κ3) is 4.01. The molecule has 1 N–H and O–H groups in total. The summed E-state index contributed by atoms with van der Waals surface area (Å²) in [5.74, 6) is 2.65. The molecule has 0 aliphatic heterocycles. The minimum absolute atomic E-state index is 0.689. The minimum Gasteiger partial charge on any atom is -0.314 e. The second-order valence-corrected chi connectivity index (χ2v) is 3.58. The second kappa shape index (κ2) is 6.99. The molecular weight excluding hydrogens is 202 g/mol. The SMILES string of the molecule is C#CCN(CC)CCn1cc(CNC)nn1. The van der Waals surface area contributed by atoms with Gasteiger partial charge in [-0.05, 0) is 13.6 Å². The number of terminal acetylenes is 1. The Balaban J connectivity index is 2.38. The first-order valence-corrected chi connectivity index (χ1v) is 5.49. The van der Waals surface area contributed by atoms with Gasteiger partial charge >= 0.3 is 0 Å². The normalized spacial score (nSPS) is 10.6. The van der Waals surface area contributed by atoms with Crippen LogP contribution < -0.4 is 5.32 Å². The van der Waals surface area contributed by atoms with Crippen LogP contribution in [0.1, 0.15) is 12.6 Å². The lowest BCUT2D eigenvalue weighted by Crippen LogP contribution is -2.27. The van der Waals surface area contributed by atoms with Gasteiger partial charge in [0.2, 0.25) is 0 Å². The van der Waals surface area contributed by atoms with E-state index in [-0.39, 0.29) is 0 Å². The summed E-state index contributed by atoms with van der Waals surface area (Å²) in [6, 6.07) is 0. The van der Waals surface area contributed by atoms with Crippen molar-refractivity contribution >= 4 is 0 Å². The molecule has 0 aromatic carbocycles. The molecule has 1 aromatic rings. The fraction of sp³-hybridized carbons (Fsp3) is 0.636. The minimum atomic E-state index is 0.689. The monoisotopic (exact) mass is 221 g/mol. The average molecular weight is 221 g/mol. The first-order chi connectivity index (χ1) is 7.80. The molecule has 0 fully saturated rings. The highest BCUT2D eigenvalue weighted by Gasteiger charge is 2.02. The highest BCUT2D eigenvalue weighted by Crippen LogP contribution is 1.94. The first-order valence-electron chi connectivity index (χ1n) is 5.49. The topological polar surface area (TPSA) is 46.0 Å². The third-order valence-corrected chi connectivity index (χ3v) is 2.35. The lowest BCUT2D eigenvalue weighted by atomic mass is 10.4. The van der Waals surface area contributed by atoms with Crippen molar-refractivity contribution in [1.82, 2.24) is 25.2 Å². The van der Waals surface area contributed by atoms with Crippen LogP contribution in [0.4, 0.5) is 0 Å². The number of hydrogen-bond acceptors (Lipinski definition) is 4. The van der Waals surface area contributed by atoms with Gasteiger partial charge < -0.3 is 5.32 Å². The van der Waals surface area contributed by atoms with Gasteiger partial charge in [-0.3, -0.25) is 9.58 Å². The van der Waals surface area contributed by atoms with E-state index < -0.39 is 0 Å². The fourth-order valence-corrected chi connectivity index (χ4v) is 1.43. The predicted molar refractivity (Wildman–Crippen MR) is 63.7 cm³/mol. The quantitative estimate of drug-likeness (QED) is 0.656. The van der Waals surface area contributed by atoms with Crippen LogP contribution in [0.15, 0.2) is 6.20 Å². The Morgan fingerprint density at radius 1 is 1.62 bits per heavy atom. The molecule has 1 heterocycles. The van der Waals surface area contributed by atoms with Crippen molar-refractivity contribution in [2.45, 2.75) is 20.0 Å². The first kappa shape index (κ1) is 12.7. The maximum absolute atomic E-state index is 5.28. The summed E-state index contributed by atoms with van der Waals surface area (Å²) in [7, 11) is 1.89. The van der Waals surface area contributed by atoms with Crippen molar-refractivity contribution < 1.29 is 0 Å². The van der Waals surface area contributed by atoms with Crippen LogP contribution in [-0.2, 0) is 13.1 Å². The Morgan fingerprint density at radius 2 is 2.44 bits per heavy atom. The molecule has 0 radical (unpaired) electrons. The molecule has 88 valence electrons. The molecule has 0 aliphatic rings. The molecule has 5 heteroatoms. The summed E-state index contributed by atoms with van der Waals surface area (Å²) in [5, 5.41) is 11.1. The molecule has 1 rings (SSSR count). The van der Waals surface area contributed by atoms with E-state index >= 15 is 0 Å². The molecule has 5 nitrogen and oxygen atoms in total. The number of nitrogens with zero attached hydrogens (tertiary/aromatic N) is 4. The van der Waals surface area contributed by atoms with Crippen LogP contribution in [0, 0.1) is 12.3 Å². The van der Waals surface area contributed by atoms with Crippen molar-refractivity contribution in [1.29, 1.82) is 0 Å². The van der Waals surface area contributed by atoms with Gasteiger partial charge in [-0.25, -0.2) is 0 Å². The van der Waals surface area contributed by atoms with Crippen LogP contribution >= 0.6 is 0 Å². The van der Waals surface area contributed by atoms with E-state index in [0.29, 0.717) is 6.54 Å². The number of rotatable bonds is 7. The molecular formula is C11H19N5. The van der Waals surface area contributed by atoms with E-state index in [1.165, 1.54) is 0 Å². The molecule has 0 atom stereocenters. The summed E-state index contributed by atoms with van der Waals surface area (Å²) in [6.45, 7) is 6.24. The van der Waals surface area contributed by atoms with Gasteiger partial charge in [0, 0.05) is 19.3 Å². The maximum Gasteiger partial charge on any atom is 0.0964 e. The van der Waals surface area contributed by atoms with Gasteiger partial charge in [-0.15, -0.1) is 11.5 Å². The van der Waals surface area contributed by atoms with E-state index in [4.69, 9.17) is 6.42 Å². The number of aromatic nitrogens is 3. The molecule has 0 unspecified atom stereocenters. The van der Waals surface area contributed by atoms with Crippen LogP contribution in [0.2, 0.25) is 0 Å². The van der Waals surface area contributed by atoms with Gasteiger partial charge in [0.1, 0.15) is 0 Å². The maximum atomic E-state index is 5.28. The lowest BCUT2D eigenvalue weighted by Gasteiger charge is -2.16. The van der Waals surface area contributed by atoms with Gasteiger partial charge in [-0.2, -0.15) is 0 Å². The lowest BCUT2D eigenvalue weighted by molar-refractivity contribution is 0.301. The van der Waals surface area contributed by atoms with Gasteiger partial charge in [0.25, 0.3) is 0 Å². The molecule has 0 aliphatic carbocycles. The summed E-state index contributed by atoms with van der Waals surface area (Å²) in [5.41, 5.74) is 0.961.